The topological polar surface area (TPSA) is 93.6 Å². The number of anilines is 1. The molecule has 0 aliphatic carbocycles. The minimum absolute atomic E-state index is 0.0494. The predicted octanol–water partition coefficient (Wildman–Crippen LogP) is -0.926. The Morgan fingerprint density at radius 3 is 3.06 bits per heavy atom. The van der Waals surface area contributed by atoms with Crippen molar-refractivity contribution in [3.8, 4) is 0 Å². The largest absolute Gasteiger partial charge is 0.394 e. The number of ether oxygens (including phenoxy) is 1. The van der Waals surface area contributed by atoms with Crippen LogP contribution in [0.4, 0.5) is 5.82 Å². The highest BCUT2D eigenvalue weighted by molar-refractivity contribution is 5.76. The minimum Gasteiger partial charge on any atom is -0.394 e. The number of rotatable bonds is 3. The number of hydrogen-bond donors (Lipinski definition) is 2. The average molecular weight is 254 g/mol. The zero-order valence-corrected chi connectivity index (χ0v) is 10.3. The van der Waals surface area contributed by atoms with Crippen LogP contribution < -0.4 is 5.73 Å². The molecule has 1 aromatic heterocycles. The SMILES string of the molecule is CC1CN(C(=O)Cn2ccc(N)n2)CC(CO)O1. The molecule has 0 saturated carbocycles. The predicted molar refractivity (Wildman–Crippen MR) is 64.6 cm³/mol. The third-order valence-corrected chi connectivity index (χ3v) is 2.84. The van der Waals surface area contributed by atoms with Crippen LogP contribution in [0.2, 0.25) is 0 Å². The first kappa shape index (κ1) is 12.8. The first-order valence-electron chi connectivity index (χ1n) is 5.91. The van der Waals surface area contributed by atoms with E-state index in [2.05, 4.69) is 5.10 Å². The number of nitrogens with zero attached hydrogens (tertiary/aromatic N) is 3. The molecule has 2 heterocycles. The smallest absolute Gasteiger partial charge is 0.244 e. The van der Waals surface area contributed by atoms with E-state index in [0.717, 1.165) is 0 Å². The van der Waals surface area contributed by atoms with Gasteiger partial charge in [0.1, 0.15) is 12.4 Å². The van der Waals surface area contributed by atoms with Crippen LogP contribution in [0.3, 0.4) is 0 Å². The van der Waals surface area contributed by atoms with Crippen LogP contribution in [0.1, 0.15) is 6.92 Å². The molecule has 1 aliphatic heterocycles. The van der Waals surface area contributed by atoms with Crippen molar-refractivity contribution in [2.45, 2.75) is 25.7 Å². The summed E-state index contributed by atoms with van der Waals surface area (Å²) in [7, 11) is 0. The highest BCUT2D eigenvalue weighted by atomic mass is 16.5. The standard InChI is InChI=1S/C11H18N4O3/c1-8-4-14(5-9(7-16)18-8)11(17)6-15-3-2-10(12)13-15/h2-3,8-9,16H,4-7H2,1H3,(H2,12,13). The summed E-state index contributed by atoms with van der Waals surface area (Å²) in [6.45, 7) is 2.90. The van der Waals surface area contributed by atoms with Gasteiger partial charge in [0, 0.05) is 19.3 Å². The number of nitrogens with two attached hydrogens (primary N) is 1. The number of carbonyl (C=O) groups is 1. The zero-order chi connectivity index (χ0) is 13.1. The van der Waals surface area contributed by atoms with Gasteiger partial charge in [-0.1, -0.05) is 0 Å². The lowest BCUT2D eigenvalue weighted by Gasteiger charge is -2.36. The minimum atomic E-state index is -0.305. The molecule has 2 rings (SSSR count). The van der Waals surface area contributed by atoms with E-state index in [-0.39, 0.29) is 31.3 Å². The van der Waals surface area contributed by atoms with Gasteiger partial charge in [-0.3, -0.25) is 9.48 Å². The second-order valence-electron chi connectivity index (χ2n) is 4.49. The zero-order valence-electron chi connectivity index (χ0n) is 10.3. The van der Waals surface area contributed by atoms with Gasteiger partial charge < -0.3 is 20.5 Å². The number of amides is 1. The summed E-state index contributed by atoms with van der Waals surface area (Å²) >= 11 is 0. The Morgan fingerprint density at radius 1 is 1.67 bits per heavy atom. The first-order valence-corrected chi connectivity index (χ1v) is 5.91. The Bertz CT molecular complexity index is 420. The summed E-state index contributed by atoms with van der Waals surface area (Å²) in [5.74, 6) is 0.345. The van der Waals surface area contributed by atoms with Crippen molar-refractivity contribution in [3.63, 3.8) is 0 Å². The van der Waals surface area contributed by atoms with Crippen LogP contribution in [-0.2, 0) is 16.1 Å². The third-order valence-electron chi connectivity index (χ3n) is 2.84. The number of aliphatic hydroxyl groups is 1. The summed E-state index contributed by atoms with van der Waals surface area (Å²) in [5, 5.41) is 13.1. The third kappa shape index (κ3) is 2.99. The van der Waals surface area contributed by atoms with E-state index in [1.165, 1.54) is 4.68 Å². The second kappa shape index (κ2) is 5.36. The van der Waals surface area contributed by atoms with Gasteiger partial charge in [-0.25, -0.2) is 0 Å². The first-order chi connectivity index (χ1) is 8.58. The van der Waals surface area contributed by atoms with Crippen LogP contribution in [0.15, 0.2) is 12.3 Å². The number of nitrogen functional groups attached to an aromatic ring is 1. The van der Waals surface area contributed by atoms with Crippen molar-refractivity contribution in [3.05, 3.63) is 12.3 Å². The molecule has 0 radical (unpaired) electrons. The fraction of sp³-hybridized carbons (Fsp3) is 0.636. The molecule has 0 bridgehead atoms. The van der Waals surface area contributed by atoms with Gasteiger partial charge in [0.15, 0.2) is 0 Å². The van der Waals surface area contributed by atoms with Crippen molar-refractivity contribution in [1.82, 2.24) is 14.7 Å². The quantitative estimate of drug-likeness (QED) is 0.727. The lowest BCUT2D eigenvalue weighted by molar-refractivity contribution is -0.147. The van der Waals surface area contributed by atoms with Gasteiger partial charge in [-0.05, 0) is 13.0 Å². The maximum absolute atomic E-state index is 12.1. The number of aliphatic hydroxyl groups excluding tert-OH is 1. The number of carbonyl (C=O) groups excluding carboxylic acids is 1. The van der Waals surface area contributed by atoms with Crippen molar-refractivity contribution < 1.29 is 14.6 Å². The van der Waals surface area contributed by atoms with Crippen LogP contribution >= 0.6 is 0 Å². The summed E-state index contributed by atoms with van der Waals surface area (Å²) in [4.78, 5) is 13.8. The normalized spacial score (nSPS) is 24.2. The Balaban J connectivity index is 1.95. The van der Waals surface area contributed by atoms with Crippen LogP contribution in [0, 0.1) is 0 Å². The highest BCUT2D eigenvalue weighted by Gasteiger charge is 2.27. The molecule has 7 heteroatoms. The Morgan fingerprint density at radius 2 is 2.44 bits per heavy atom. The van der Waals surface area contributed by atoms with E-state index in [0.29, 0.717) is 18.9 Å². The van der Waals surface area contributed by atoms with Crippen LogP contribution in [-0.4, -0.2) is 57.6 Å². The van der Waals surface area contributed by atoms with E-state index in [1.54, 1.807) is 17.2 Å². The molecule has 2 atom stereocenters. The summed E-state index contributed by atoms with van der Waals surface area (Å²) in [5.41, 5.74) is 5.49. The molecule has 0 aromatic carbocycles. The van der Waals surface area contributed by atoms with E-state index in [1.807, 2.05) is 6.92 Å². The van der Waals surface area contributed by atoms with Crippen molar-refractivity contribution in [1.29, 1.82) is 0 Å². The number of aromatic nitrogens is 2. The Hall–Kier alpha value is -1.60. The van der Waals surface area contributed by atoms with E-state index < -0.39 is 0 Å². The van der Waals surface area contributed by atoms with Gasteiger partial charge in [-0.2, -0.15) is 5.10 Å². The Kier molecular flexibility index (Phi) is 3.83. The molecule has 1 fully saturated rings. The fourth-order valence-electron chi connectivity index (χ4n) is 2.05. The average Bonchev–Trinajstić information content (AvgIpc) is 2.73. The maximum atomic E-state index is 12.1. The second-order valence-corrected chi connectivity index (χ2v) is 4.49. The number of morpholine rings is 1. The van der Waals surface area contributed by atoms with E-state index >= 15 is 0 Å². The molecule has 18 heavy (non-hydrogen) atoms. The summed E-state index contributed by atoms with van der Waals surface area (Å²) < 4.78 is 6.99. The molecule has 1 saturated heterocycles. The van der Waals surface area contributed by atoms with Crippen molar-refractivity contribution >= 4 is 11.7 Å². The van der Waals surface area contributed by atoms with Crippen LogP contribution in [0.5, 0.6) is 0 Å². The molecule has 1 aliphatic rings. The maximum Gasteiger partial charge on any atom is 0.244 e. The van der Waals surface area contributed by atoms with Gasteiger partial charge in [0.2, 0.25) is 5.91 Å². The van der Waals surface area contributed by atoms with E-state index in [4.69, 9.17) is 15.6 Å². The molecule has 2 unspecified atom stereocenters. The lowest BCUT2D eigenvalue weighted by Crippen LogP contribution is -2.51. The van der Waals surface area contributed by atoms with E-state index in [9.17, 15) is 4.79 Å². The molecule has 100 valence electrons. The van der Waals surface area contributed by atoms with Gasteiger partial charge in [0.25, 0.3) is 0 Å². The fourth-order valence-corrected chi connectivity index (χ4v) is 2.05. The summed E-state index contributed by atoms with van der Waals surface area (Å²) in [6, 6.07) is 1.64. The molecule has 0 spiro atoms. The lowest BCUT2D eigenvalue weighted by atomic mass is 10.2. The monoisotopic (exact) mass is 254 g/mol. The van der Waals surface area contributed by atoms with Crippen molar-refractivity contribution in [2.24, 2.45) is 0 Å². The highest BCUT2D eigenvalue weighted by Crippen LogP contribution is 2.11. The van der Waals surface area contributed by atoms with Gasteiger partial charge in [0.05, 0.1) is 18.8 Å². The van der Waals surface area contributed by atoms with Gasteiger partial charge in [-0.15, -0.1) is 0 Å². The van der Waals surface area contributed by atoms with Gasteiger partial charge >= 0.3 is 0 Å². The van der Waals surface area contributed by atoms with Crippen molar-refractivity contribution in [2.75, 3.05) is 25.4 Å². The molecular weight excluding hydrogens is 236 g/mol. The molecular formula is C11H18N4O3. The number of hydrogen-bond acceptors (Lipinski definition) is 5. The molecule has 1 amide bonds. The molecule has 3 N–H and O–H groups in total. The Labute approximate surface area is 105 Å². The molecule has 1 aromatic rings. The van der Waals surface area contributed by atoms with Crippen LogP contribution in [0.25, 0.3) is 0 Å². The summed E-state index contributed by atoms with van der Waals surface area (Å²) in [6.07, 6.45) is 1.30. The molecule has 7 nitrogen and oxygen atoms in total.